The summed E-state index contributed by atoms with van der Waals surface area (Å²) in [5.41, 5.74) is 1.70. The fourth-order valence-electron chi connectivity index (χ4n) is 3.11. The SMILES string of the molecule is CCN(CC)[C@@H](CNC(=O)c1ccc(Cn2cncn2)cc1)c1ccco1. The minimum absolute atomic E-state index is 0.0190. The highest BCUT2D eigenvalue weighted by Gasteiger charge is 2.21. The summed E-state index contributed by atoms with van der Waals surface area (Å²) in [5.74, 6) is 0.771. The number of benzene rings is 1. The fourth-order valence-corrected chi connectivity index (χ4v) is 3.11. The summed E-state index contributed by atoms with van der Waals surface area (Å²) in [6.07, 6.45) is 4.84. The average Bonchev–Trinajstić information content (AvgIpc) is 3.39. The second kappa shape index (κ2) is 9.14. The number of carbonyl (C=O) groups excluding carboxylic acids is 1. The Balaban J connectivity index is 1.61. The molecule has 0 aliphatic heterocycles. The van der Waals surface area contributed by atoms with Crippen molar-refractivity contribution >= 4 is 5.91 Å². The molecule has 0 fully saturated rings. The molecular formula is C20H25N5O2. The van der Waals surface area contributed by atoms with Crippen molar-refractivity contribution in [1.82, 2.24) is 25.0 Å². The minimum atomic E-state index is -0.0916. The van der Waals surface area contributed by atoms with Crippen LogP contribution in [0.3, 0.4) is 0 Å². The van der Waals surface area contributed by atoms with E-state index in [1.54, 1.807) is 17.3 Å². The van der Waals surface area contributed by atoms with E-state index in [4.69, 9.17) is 4.42 Å². The van der Waals surface area contributed by atoms with Crippen LogP contribution in [0.5, 0.6) is 0 Å². The molecule has 1 aromatic carbocycles. The number of nitrogens with one attached hydrogen (secondary N) is 1. The van der Waals surface area contributed by atoms with Gasteiger partial charge in [-0.1, -0.05) is 26.0 Å². The monoisotopic (exact) mass is 367 g/mol. The van der Waals surface area contributed by atoms with Crippen molar-refractivity contribution in [2.75, 3.05) is 19.6 Å². The summed E-state index contributed by atoms with van der Waals surface area (Å²) in [6, 6.07) is 11.4. The van der Waals surface area contributed by atoms with Crippen LogP contribution in [0.1, 0.15) is 41.6 Å². The molecule has 0 unspecified atom stereocenters. The third-order valence-corrected chi connectivity index (χ3v) is 4.61. The second-order valence-corrected chi connectivity index (χ2v) is 6.25. The number of carbonyl (C=O) groups is 1. The van der Waals surface area contributed by atoms with E-state index >= 15 is 0 Å². The first kappa shape index (κ1) is 18.8. The van der Waals surface area contributed by atoms with Crippen LogP contribution in [-0.2, 0) is 6.54 Å². The molecule has 0 spiro atoms. The van der Waals surface area contributed by atoms with E-state index in [1.165, 1.54) is 6.33 Å². The highest BCUT2D eigenvalue weighted by Crippen LogP contribution is 2.20. The summed E-state index contributed by atoms with van der Waals surface area (Å²) in [6.45, 7) is 7.10. The van der Waals surface area contributed by atoms with Crippen LogP contribution in [0, 0.1) is 0 Å². The predicted molar refractivity (Wildman–Crippen MR) is 102 cm³/mol. The van der Waals surface area contributed by atoms with E-state index in [0.717, 1.165) is 24.4 Å². The normalized spacial score (nSPS) is 12.3. The van der Waals surface area contributed by atoms with Gasteiger partial charge >= 0.3 is 0 Å². The number of aromatic nitrogens is 3. The Morgan fingerprint density at radius 3 is 2.59 bits per heavy atom. The van der Waals surface area contributed by atoms with Crippen molar-refractivity contribution in [3.63, 3.8) is 0 Å². The minimum Gasteiger partial charge on any atom is -0.468 e. The van der Waals surface area contributed by atoms with Crippen LogP contribution < -0.4 is 5.32 Å². The molecule has 2 aromatic heterocycles. The molecule has 0 bridgehead atoms. The number of likely N-dealkylation sites (N-methyl/N-ethyl adjacent to an activating group) is 1. The number of rotatable bonds is 9. The molecule has 0 saturated heterocycles. The number of furan rings is 1. The van der Waals surface area contributed by atoms with E-state index < -0.39 is 0 Å². The number of nitrogens with zero attached hydrogens (tertiary/aromatic N) is 4. The maximum absolute atomic E-state index is 12.6. The van der Waals surface area contributed by atoms with Gasteiger partial charge in [0.05, 0.1) is 18.8 Å². The fraction of sp³-hybridized carbons (Fsp3) is 0.350. The summed E-state index contributed by atoms with van der Waals surface area (Å²) >= 11 is 0. The van der Waals surface area contributed by atoms with Crippen LogP contribution >= 0.6 is 0 Å². The molecule has 3 aromatic rings. The van der Waals surface area contributed by atoms with Gasteiger partial charge in [0.2, 0.25) is 0 Å². The highest BCUT2D eigenvalue weighted by molar-refractivity contribution is 5.94. The first-order valence-corrected chi connectivity index (χ1v) is 9.18. The summed E-state index contributed by atoms with van der Waals surface area (Å²) < 4.78 is 7.32. The van der Waals surface area contributed by atoms with Crippen molar-refractivity contribution in [1.29, 1.82) is 0 Å². The number of amides is 1. The molecule has 1 atom stereocenters. The van der Waals surface area contributed by atoms with Crippen LogP contribution in [-0.4, -0.2) is 45.2 Å². The van der Waals surface area contributed by atoms with Crippen LogP contribution in [0.25, 0.3) is 0 Å². The molecule has 7 heteroatoms. The molecule has 7 nitrogen and oxygen atoms in total. The predicted octanol–water partition coefficient (Wildman–Crippen LogP) is 2.73. The maximum Gasteiger partial charge on any atom is 0.251 e. The summed E-state index contributed by atoms with van der Waals surface area (Å²) in [4.78, 5) is 18.8. The van der Waals surface area contributed by atoms with Gasteiger partial charge < -0.3 is 9.73 Å². The first-order chi connectivity index (χ1) is 13.2. The molecule has 2 heterocycles. The zero-order chi connectivity index (χ0) is 19.1. The summed E-state index contributed by atoms with van der Waals surface area (Å²) in [5, 5.41) is 7.12. The molecule has 1 amide bonds. The Morgan fingerprint density at radius 2 is 2.00 bits per heavy atom. The van der Waals surface area contributed by atoms with Crippen LogP contribution in [0.15, 0.2) is 59.7 Å². The number of hydrogen-bond donors (Lipinski definition) is 1. The van der Waals surface area contributed by atoms with Gasteiger partial charge in [-0.15, -0.1) is 0 Å². The molecule has 1 N–H and O–H groups in total. The van der Waals surface area contributed by atoms with E-state index in [0.29, 0.717) is 18.7 Å². The van der Waals surface area contributed by atoms with Gasteiger partial charge in [-0.3, -0.25) is 9.69 Å². The molecule has 0 aliphatic rings. The van der Waals surface area contributed by atoms with Gasteiger partial charge in [0.1, 0.15) is 18.4 Å². The standard InChI is InChI=1S/C20H25N5O2/c1-3-24(4-2)18(19-6-5-11-27-19)12-22-20(26)17-9-7-16(8-10-17)13-25-15-21-14-23-25/h5-11,14-15,18H,3-4,12-13H2,1-2H3,(H,22,26)/t18-/m0/s1. The number of hydrogen-bond acceptors (Lipinski definition) is 5. The van der Waals surface area contributed by atoms with Crippen molar-refractivity contribution < 1.29 is 9.21 Å². The Kier molecular flexibility index (Phi) is 6.38. The lowest BCUT2D eigenvalue weighted by molar-refractivity contribution is 0.0929. The zero-order valence-electron chi connectivity index (χ0n) is 15.7. The van der Waals surface area contributed by atoms with Crippen molar-refractivity contribution in [2.45, 2.75) is 26.4 Å². The van der Waals surface area contributed by atoms with Gasteiger partial charge in [-0.05, 0) is 42.9 Å². The lowest BCUT2D eigenvalue weighted by Crippen LogP contribution is -2.37. The highest BCUT2D eigenvalue weighted by atomic mass is 16.3. The van der Waals surface area contributed by atoms with Gasteiger partial charge in [-0.2, -0.15) is 5.10 Å². The van der Waals surface area contributed by atoms with Gasteiger partial charge in [-0.25, -0.2) is 9.67 Å². The Morgan fingerprint density at radius 1 is 1.22 bits per heavy atom. The Bertz CT molecular complexity index is 809. The average molecular weight is 367 g/mol. The lowest BCUT2D eigenvalue weighted by Gasteiger charge is -2.28. The van der Waals surface area contributed by atoms with Crippen LogP contribution in [0.2, 0.25) is 0 Å². The Hall–Kier alpha value is -2.93. The quantitative estimate of drug-likeness (QED) is 0.629. The molecular weight excluding hydrogens is 342 g/mol. The van der Waals surface area contributed by atoms with Gasteiger partial charge in [0.25, 0.3) is 5.91 Å². The molecule has 0 saturated carbocycles. The molecule has 3 rings (SSSR count). The lowest BCUT2D eigenvalue weighted by atomic mass is 10.1. The summed E-state index contributed by atoms with van der Waals surface area (Å²) in [7, 11) is 0. The Labute approximate surface area is 159 Å². The van der Waals surface area contributed by atoms with Crippen molar-refractivity contribution in [2.24, 2.45) is 0 Å². The van der Waals surface area contributed by atoms with E-state index in [-0.39, 0.29) is 11.9 Å². The molecule has 27 heavy (non-hydrogen) atoms. The molecule has 0 radical (unpaired) electrons. The topological polar surface area (TPSA) is 76.2 Å². The van der Waals surface area contributed by atoms with E-state index in [1.807, 2.05) is 36.4 Å². The maximum atomic E-state index is 12.6. The third kappa shape index (κ3) is 4.83. The van der Waals surface area contributed by atoms with Crippen molar-refractivity contribution in [3.05, 3.63) is 72.2 Å². The van der Waals surface area contributed by atoms with Crippen LogP contribution in [0.4, 0.5) is 0 Å². The second-order valence-electron chi connectivity index (χ2n) is 6.25. The van der Waals surface area contributed by atoms with E-state index in [9.17, 15) is 4.79 Å². The van der Waals surface area contributed by atoms with Gasteiger partial charge in [0, 0.05) is 12.1 Å². The first-order valence-electron chi connectivity index (χ1n) is 9.18. The largest absolute Gasteiger partial charge is 0.468 e. The third-order valence-electron chi connectivity index (χ3n) is 4.61. The zero-order valence-corrected chi connectivity index (χ0v) is 15.7. The van der Waals surface area contributed by atoms with E-state index in [2.05, 4.69) is 34.1 Å². The smallest absolute Gasteiger partial charge is 0.251 e. The molecule has 142 valence electrons. The molecule has 0 aliphatic carbocycles. The van der Waals surface area contributed by atoms with Gasteiger partial charge in [0.15, 0.2) is 0 Å². The van der Waals surface area contributed by atoms with Crippen molar-refractivity contribution in [3.8, 4) is 0 Å².